The molecule has 33 heavy (non-hydrogen) atoms. The number of rotatable bonds is 11. The van der Waals surface area contributed by atoms with Gasteiger partial charge in [-0.05, 0) is 36.6 Å². The first-order valence-corrected chi connectivity index (χ1v) is 11.3. The molecule has 0 aliphatic carbocycles. The molecule has 0 fully saturated rings. The van der Waals surface area contributed by atoms with Gasteiger partial charge in [-0.3, -0.25) is 0 Å². The monoisotopic (exact) mass is 478 g/mol. The summed E-state index contributed by atoms with van der Waals surface area (Å²) in [6.45, 7) is 0.508. The summed E-state index contributed by atoms with van der Waals surface area (Å²) < 4.78 is 18.3. The largest absolute Gasteiger partial charge is 0.451 e. The van der Waals surface area contributed by atoms with Crippen LogP contribution in [0.1, 0.15) is 23.5 Å². The van der Waals surface area contributed by atoms with Gasteiger partial charge in [0.15, 0.2) is 12.3 Å². The fourth-order valence-corrected chi connectivity index (χ4v) is 3.63. The van der Waals surface area contributed by atoms with E-state index in [2.05, 4.69) is 0 Å². The van der Waals surface area contributed by atoms with Gasteiger partial charge >= 0.3 is 14.6 Å². The molecule has 2 aromatic carbocycles. The second-order valence-corrected chi connectivity index (χ2v) is 8.11. The van der Waals surface area contributed by atoms with E-state index in [-0.39, 0.29) is 11.3 Å². The SMILES string of the molecule is CC(O)C(CO)OC([C@H](COP(O)O)OC(=O)c1ccccc1N)n1ccc2ccccc21. The number of anilines is 1. The standard InChI is InChI=1S/C22H27N2O8P/c1-14(26)19(12-25)31-21(24-11-10-15-6-2-5-9-18(15)24)20(13-30-33(28)29)32-22(27)16-7-3-4-8-17(16)23/h2-11,14,19-21,25-26,28-29H,12-13,23H2,1H3/t14?,19?,20-,21?/m0/s1. The fraction of sp³-hybridized carbons (Fsp3) is 0.318. The summed E-state index contributed by atoms with van der Waals surface area (Å²) >= 11 is 0. The first-order chi connectivity index (χ1) is 15.8. The molecule has 3 rings (SSSR count). The zero-order chi connectivity index (χ0) is 24.0. The topological polar surface area (TPSA) is 157 Å². The Labute approximate surface area is 191 Å². The van der Waals surface area contributed by atoms with Crippen molar-refractivity contribution in [2.24, 2.45) is 0 Å². The molecule has 0 spiro atoms. The number of aliphatic hydroxyl groups is 2. The van der Waals surface area contributed by atoms with E-state index in [0.29, 0.717) is 0 Å². The van der Waals surface area contributed by atoms with Crippen molar-refractivity contribution in [3.63, 3.8) is 0 Å². The Kier molecular flexibility index (Phi) is 8.76. The van der Waals surface area contributed by atoms with Gasteiger partial charge in [0.05, 0.1) is 30.4 Å². The molecular formula is C22H27N2O8P. The maximum Gasteiger partial charge on any atom is 0.340 e. The van der Waals surface area contributed by atoms with Crippen molar-refractivity contribution >= 4 is 31.2 Å². The minimum atomic E-state index is -2.75. The van der Waals surface area contributed by atoms with Crippen LogP contribution >= 0.6 is 8.60 Å². The van der Waals surface area contributed by atoms with E-state index in [0.717, 1.165) is 10.9 Å². The Morgan fingerprint density at radius 3 is 2.45 bits per heavy atom. The van der Waals surface area contributed by atoms with E-state index < -0.39 is 52.3 Å². The fourth-order valence-electron chi connectivity index (χ4n) is 3.35. The average Bonchev–Trinajstić information content (AvgIpc) is 3.21. The molecule has 11 heteroatoms. The van der Waals surface area contributed by atoms with Crippen LogP contribution in [0.4, 0.5) is 5.69 Å². The number of hydrogen-bond acceptors (Lipinski definition) is 9. The zero-order valence-electron chi connectivity index (χ0n) is 17.9. The molecule has 4 atom stereocenters. The van der Waals surface area contributed by atoms with Crippen molar-refractivity contribution < 1.29 is 38.8 Å². The molecule has 10 nitrogen and oxygen atoms in total. The minimum absolute atomic E-state index is 0.114. The summed E-state index contributed by atoms with van der Waals surface area (Å²) in [5.41, 5.74) is 6.94. The second kappa shape index (κ2) is 11.5. The molecule has 0 radical (unpaired) electrons. The van der Waals surface area contributed by atoms with Crippen molar-refractivity contribution in [1.29, 1.82) is 0 Å². The average molecular weight is 478 g/mol. The van der Waals surface area contributed by atoms with Crippen LogP contribution in [0.3, 0.4) is 0 Å². The quantitative estimate of drug-likeness (QED) is 0.158. The highest BCUT2D eigenvalue weighted by Gasteiger charge is 2.34. The van der Waals surface area contributed by atoms with E-state index in [1.807, 2.05) is 30.3 Å². The third-order valence-electron chi connectivity index (χ3n) is 5.05. The predicted octanol–water partition coefficient (Wildman–Crippen LogP) is 1.93. The number of hydrogen-bond donors (Lipinski definition) is 5. The Morgan fingerprint density at radius 2 is 1.79 bits per heavy atom. The third-order valence-corrected chi connectivity index (χ3v) is 5.43. The molecule has 6 N–H and O–H groups in total. The van der Waals surface area contributed by atoms with E-state index in [9.17, 15) is 24.8 Å². The molecule has 0 saturated carbocycles. The van der Waals surface area contributed by atoms with Crippen LogP contribution in [-0.2, 0) is 14.0 Å². The molecule has 178 valence electrons. The molecule has 0 saturated heterocycles. The highest BCUT2D eigenvalue weighted by atomic mass is 31.2. The predicted molar refractivity (Wildman–Crippen MR) is 122 cm³/mol. The van der Waals surface area contributed by atoms with Gasteiger partial charge in [0.2, 0.25) is 0 Å². The first-order valence-electron chi connectivity index (χ1n) is 10.2. The number of ether oxygens (including phenoxy) is 2. The second-order valence-electron chi connectivity index (χ2n) is 7.35. The van der Waals surface area contributed by atoms with Gasteiger partial charge < -0.3 is 44.3 Å². The van der Waals surface area contributed by atoms with E-state index >= 15 is 0 Å². The Hall–Kier alpha value is -2.56. The lowest BCUT2D eigenvalue weighted by Crippen LogP contribution is -2.40. The lowest BCUT2D eigenvalue weighted by atomic mass is 10.2. The number of benzene rings is 2. The first kappa shape index (κ1) is 25.1. The lowest BCUT2D eigenvalue weighted by Gasteiger charge is -2.32. The van der Waals surface area contributed by atoms with E-state index in [1.165, 1.54) is 13.0 Å². The molecule has 0 bridgehead atoms. The molecule has 0 aliphatic heterocycles. The van der Waals surface area contributed by atoms with Crippen molar-refractivity contribution in [2.75, 3.05) is 18.9 Å². The normalized spacial score (nSPS) is 15.3. The van der Waals surface area contributed by atoms with Crippen LogP contribution in [0.25, 0.3) is 10.9 Å². The van der Waals surface area contributed by atoms with Crippen molar-refractivity contribution in [3.05, 3.63) is 66.4 Å². The Bertz CT molecular complexity index is 1060. The van der Waals surface area contributed by atoms with E-state index in [4.69, 9.17) is 19.7 Å². The number of aliphatic hydroxyl groups excluding tert-OH is 2. The van der Waals surface area contributed by atoms with Crippen molar-refractivity contribution in [1.82, 2.24) is 4.57 Å². The summed E-state index contributed by atoms with van der Waals surface area (Å²) in [5, 5.41) is 20.6. The van der Waals surface area contributed by atoms with Gasteiger partial charge in [0.25, 0.3) is 0 Å². The van der Waals surface area contributed by atoms with Gasteiger partial charge in [-0.15, -0.1) is 0 Å². The smallest absolute Gasteiger partial charge is 0.340 e. The molecule has 3 aromatic rings. The molecular weight excluding hydrogens is 451 g/mol. The Balaban J connectivity index is 2.02. The van der Waals surface area contributed by atoms with Gasteiger partial charge in [0, 0.05) is 11.9 Å². The number of aromatic nitrogens is 1. The van der Waals surface area contributed by atoms with Gasteiger partial charge in [-0.1, -0.05) is 30.3 Å². The van der Waals surface area contributed by atoms with Crippen LogP contribution in [0.5, 0.6) is 0 Å². The van der Waals surface area contributed by atoms with Crippen LogP contribution < -0.4 is 5.73 Å². The van der Waals surface area contributed by atoms with Gasteiger partial charge in [-0.25, -0.2) is 4.79 Å². The van der Waals surface area contributed by atoms with Gasteiger partial charge in [0.1, 0.15) is 6.10 Å². The summed E-state index contributed by atoms with van der Waals surface area (Å²) in [6.07, 6.45) is -2.67. The molecule has 0 aliphatic rings. The number of carbonyl (C=O) groups excluding carboxylic acids is 1. The van der Waals surface area contributed by atoms with Crippen LogP contribution in [0.2, 0.25) is 0 Å². The highest BCUT2D eigenvalue weighted by molar-refractivity contribution is 7.39. The maximum absolute atomic E-state index is 12.9. The van der Waals surface area contributed by atoms with Crippen molar-refractivity contribution in [2.45, 2.75) is 31.5 Å². The van der Waals surface area contributed by atoms with Crippen LogP contribution in [0, 0.1) is 0 Å². The summed E-state index contributed by atoms with van der Waals surface area (Å²) in [5.74, 6) is -0.774. The molecule has 3 unspecified atom stereocenters. The number of nitrogens with two attached hydrogens (primary N) is 1. The number of nitrogens with zero attached hydrogens (tertiary/aromatic N) is 1. The third kappa shape index (κ3) is 6.27. The zero-order valence-corrected chi connectivity index (χ0v) is 18.8. The number of fused-ring (bicyclic) bond motifs is 1. The van der Waals surface area contributed by atoms with E-state index in [1.54, 1.807) is 29.0 Å². The number of para-hydroxylation sites is 2. The van der Waals surface area contributed by atoms with Crippen LogP contribution in [-0.4, -0.2) is 62.1 Å². The molecule has 1 aromatic heterocycles. The number of carbonyl (C=O) groups is 1. The number of esters is 1. The number of nitrogen functional groups attached to an aromatic ring is 1. The van der Waals surface area contributed by atoms with Crippen molar-refractivity contribution in [3.8, 4) is 0 Å². The van der Waals surface area contributed by atoms with Gasteiger partial charge in [-0.2, -0.15) is 0 Å². The molecule has 1 heterocycles. The maximum atomic E-state index is 12.9. The lowest BCUT2D eigenvalue weighted by molar-refractivity contribution is -0.163. The minimum Gasteiger partial charge on any atom is -0.451 e. The summed E-state index contributed by atoms with van der Waals surface area (Å²) in [7, 11) is -2.75. The highest BCUT2D eigenvalue weighted by Crippen LogP contribution is 2.31. The summed E-state index contributed by atoms with van der Waals surface area (Å²) in [6, 6.07) is 15.5. The van der Waals surface area contributed by atoms with Crippen LogP contribution in [0.15, 0.2) is 60.8 Å². The Morgan fingerprint density at radius 1 is 1.09 bits per heavy atom. The summed E-state index contributed by atoms with van der Waals surface area (Å²) in [4.78, 5) is 31.5. The molecule has 0 amide bonds.